The van der Waals surface area contributed by atoms with Gasteiger partial charge >= 0.3 is 0 Å². The van der Waals surface area contributed by atoms with E-state index in [0.29, 0.717) is 17.3 Å². The van der Waals surface area contributed by atoms with E-state index in [0.717, 1.165) is 25.2 Å². The topological polar surface area (TPSA) is 71.3 Å². The van der Waals surface area contributed by atoms with Gasteiger partial charge in [0, 0.05) is 31.0 Å². The maximum absolute atomic E-state index is 12.4. The van der Waals surface area contributed by atoms with E-state index < -0.39 is 0 Å². The Balaban J connectivity index is 1.53. The zero-order valence-corrected chi connectivity index (χ0v) is 13.9. The van der Waals surface area contributed by atoms with Crippen LogP contribution in [0, 0.1) is 6.92 Å². The van der Waals surface area contributed by atoms with Gasteiger partial charge in [0.1, 0.15) is 11.5 Å². The average Bonchev–Trinajstić information content (AvgIpc) is 3.06. The largest absolute Gasteiger partial charge is 0.367 e. The van der Waals surface area contributed by atoms with Crippen LogP contribution in [-0.4, -0.2) is 22.6 Å². The van der Waals surface area contributed by atoms with Crippen LogP contribution in [0.3, 0.4) is 0 Å². The van der Waals surface area contributed by atoms with Crippen LogP contribution in [0.4, 0.5) is 11.5 Å². The van der Waals surface area contributed by atoms with E-state index in [1.165, 1.54) is 11.1 Å². The molecule has 25 heavy (non-hydrogen) atoms. The Kier molecular flexibility index (Phi) is 3.93. The fourth-order valence-electron chi connectivity index (χ4n) is 3.06. The van der Waals surface area contributed by atoms with Crippen molar-refractivity contribution in [1.29, 1.82) is 0 Å². The van der Waals surface area contributed by atoms with Gasteiger partial charge < -0.3 is 14.7 Å². The van der Waals surface area contributed by atoms with Gasteiger partial charge in [0.05, 0.1) is 0 Å². The van der Waals surface area contributed by atoms with Crippen molar-refractivity contribution in [3.8, 4) is 0 Å². The third kappa shape index (κ3) is 3.24. The number of pyridine rings is 1. The lowest BCUT2D eigenvalue weighted by atomic mass is 9.99. The number of carbonyl (C=O) groups excluding carboxylic acids is 1. The predicted octanol–water partition coefficient (Wildman–Crippen LogP) is 3.19. The molecule has 1 aliphatic rings. The molecule has 0 unspecified atom stereocenters. The Morgan fingerprint density at radius 2 is 2.04 bits per heavy atom. The minimum Gasteiger partial charge on any atom is -0.367 e. The zero-order chi connectivity index (χ0) is 17.2. The molecule has 0 radical (unpaired) electrons. The SMILES string of the molecule is Cc1cc(NC(=O)c2cc(N3CCc4ccccc4C3)ccn2)no1. The van der Waals surface area contributed by atoms with Crippen LogP contribution in [0.5, 0.6) is 0 Å². The fourth-order valence-corrected chi connectivity index (χ4v) is 3.06. The minimum atomic E-state index is -0.299. The molecule has 0 atom stereocenters. The van der Waals surface area contributed by atoms with E-state index in [2.05, 4.69) is 44.6 Å². The summed E-state index contributed by atoms with van der Waals surface area (Å²) in [6.45, 7) is 3.53. The summed E-state index contributed by atoms with van der Waals surface area (Å²) in [5.41, 5.74) is 4.07. The first kappa shape index (κ1) is 15.4. The number of nitrogens with one attached hydrogen (secondary N) is 1. The van der Waals surface area contributed by atoms with Gasteiger partial charge in [0.25, 0.3) is 5.91 Å². The summed E-state index contributed by atoms with van der Waals surface area (Å²) in [6.07, 6.45) is 2.66. The van der Waals surface area contributed by atoms with E-state index in [4.69, 9.17) is 4.52 Å². The number of amides is 1. The number of anilines is 2. The summed E-state index contributed by atoms with van der Waals surface area (Å²) in [4.78, 5) is 18.8. The molecular formula is C19H18N4O2. The first-order valence-electron chi connectivity index (χ1n) is 8.21. The van der Waals surface area contributed by atoms with Crippen molar-refractivity contribution in [2.75, 3.05) is 16.8 Å². The molecule has 3 heterocycles. The highest BCUT2D eigenvalue weighted by atomic mass is 16.5. The molecule has 126 valence electrons. The third-order valence-electron chi connectivity index (χ3n) is 4.34. The van der Waals surface area contributed by atoms with E-state index in [1.807, 2.05) is 12.1 Å². The molecule has 6 nitrogen and oxygen atoms in total. The van der Waals surface area contributed by atoms with Crippen molar-refractivity contribution in [2.24, 2.45) is 0 Å². The van der Waals surface area contributed by atoms with E-state index >= 15 is 0 Å². The lowest BCUT2D eigenvalue weighted by Crippen LogP contribution is -2.30. The molecule has 0 saturated carbocycles. The molecule has 1 aliphatic heterocycles. The zero-order valence-electron chi connectivity index (χ0n) is 13.9. The number of nitrogens with zero attached hydrogens (tertiary/aromatic N) is 3. The van der Waals surface area contributed by atoms with Gasteiger partial charge in [-0.15, -0.1) is 0 Å². The van der Waals surface area contributed by atoms with Crippen molar-refractivity contribution < 1.29 is 9.32 Å². The quantitative estimate of drug-likeness (QED) is 0.796. The Bertz CT molecular complexity index is 919. The normalized spacial score (nSPS) is 13.4. The van der Waals surface area contributed by atoms with Crippen LogP contribution >= 0.6 is 0 Å². The molecule has 1 aromatic carbocycles. The number of aromatic nitrogens is 2. The molecule has 0 saturated heterocycles. The maximum Gasteiger partial charge on any atom is 0.275 e. The van der Waals surface area contributed by atoms with Crippen molar-refractivity contribution in [3.05, 3.63) is 71.2 Å². The second kappa shape index (κ2) is 6.39. The molecule has 1 amide bonds. The van der Waals surface area contributed by atoms with Crippen LogP contribution in [-0.2, 0) is 13.0 Å². The van der Waals surface area contributed by atoms with Crippen molar-refractivity contribution in [3.63, 3.8) is 0 Å². The van der Waals surface area contributed by atoms with Gasteiger partial charge in [0.2, 0.25) is 0 Å². The standard InChI is InChI=1S/C19H18N4O2/c1-13-10-18(22-25-13)21-19(24)17-11-16(6-8-20-17)23-9-7-14-4-2-3-5-15(14)12-23/h2-6,8,10-11H,7,9,12H2,1H3,(H,21,22,24). The second-order valence-corrected chi connectivity index (χ2v) is 6.12. The van der Waals surface area contributed by atoms with Crippen LogP contribution in [0.1, 0.15) is 27.4 Å². The molecule has 0 spiro atoms. The number of aryl methyl sites for hydroxylation is 1. The highest BCUT2D eigenvalue weighted by Crippen LogP contribution is 2.24. The number of benzene rings is 1. The van der Waals surface area contributed by atoms with Crippen LogP contribution in [0.25, 0.3) is 0 Å². The highest BCUT2D eigenvalue weighted by molar-refractivity contribution is 6.02. The number of hydrogen-bond acceptors (Lipinski definition) is 5. The Morgan fingerprint density at radius 1 is 1.20 bits per heavy atom. The van der Waals surface area contributed by atoms with Gasteiger partial charge in [-0.1, -0.05) is 29.4 Å². The summed E-state index contributed by atoms with van der Waals surface area (Å²) < 4.78 is 4.96. The van der Waals surface area contributed by atoms with E-state index in [-0.39, 0.29) is 5.91 Å². The maximum atomic E-state index is 12.4. The Hall–Kier alpha value is -3.15. The van der Waals surface area contributed by atoms with Crippen LogP contribution < -0.4 is 10.2 Å². The summed E-state index contributed by atoms with van der Waals surface area (Å²) in [5, 5.41) is 6.47. The minimum absolute atomic E-state index is 0.299. The summed E-state index contributed by atoms with van der Waals surface area (Å²) >= 11 is 0. The van der Waals surface area contributed by atoms with Crippen molar-refractivity contribution in [2.45, 2.75) is 19.9 Å². The first-order chi connectivity index (χ1) is 12.2. The lowest BCUT2D eigenvalue weighted by molar-refractivity contribution is 0.102. The number of rotatable bonds is 3. The Labute approximate surface area is 145 Å². The molecule has 6 heteroatoms. The van der Waals surface area contributed by atoms with Gasteiger partial charge in [-0.3, -0.25) is 9.78 Å². The van der Waals surface area contributed by atoms with Gasteiger partial charge in [-0.05, 0) is 36.6 Å². The van der Waals surface area contributed by atoms with E-state index in [1.54, 1.807) is 19.2 Å². The van der Waals surface area contributed by atoms with Crippen molar-refractivity contribution >= 4 is 17.4 Å². The molecule has 0 fully saturated rings. The van der Waals surface area contributed by atoms with Gasteiger partial charge in [0.15, 0.2) is 5.82 Å². The molecule has 4 rings (SSSR count). The molecule has 1 N–H and O–H groups in total. The highest BCUT2D eigenvalue weighted by Gasteiger charge is 2.18. The number of fused-ring (bicyclic) bond motifs is 1. The number of hydrogen-bond donors (Lipinski definition) is 1. The summed E-state index contributed by atoms with van der Waals surface area (Å²) in [6, 6.07) is 13.9. The van der Waals surface area contributed by atoms with Gasteiger partial charge in [-0.25, -0.2) is 0 Å². The lowest BCUT2D eigenvalue weighted by Gasteiger charge is -2.30. The smallest absolute Gasteiger partial charge is 0.275 e. The van der Waals surface area contributed by atoms with Crippen LogP contribution in [0.15, 0.2) is 53.2 Å². The summed E-state index contributed by atoms with van der Waals surface area (Å²) in [7, 11) is 0. The predicted molar refractivity (Wildman–Crippen MR) is 94.6 cm³/mol. The monoisotopic (exact) mass is 334 g/mol. The van der Waals surface area contributed by atoms with Gasteiger partial charge in [-0.2, -0.15) is 0 Å². The Morgan fingerprint density at radius 3 is 2.84 bits per heavy atom. The fraction of sp³-hybridized carbons (Fsp3) is 0.211. The summed E-state index contributed by atoms with van der Waals surface area (Å²) in [5.74, 6) is 0.734. The number of carbonyl (C=O) groups is 1. The first-order valence-corrected chi connectivity index (χ1v) is 8.21. The average molecular weight is 334 g/mol. The third-order valence-corrected chi connectivity index (χ3v) is 4.34. The molecule has 0 bridgehead atoms. The van der Waals surface area contributed by atoms with E-state index in [9.17, 15) is 4.79 Å². The molecule has 2 aromatic heterocycles. The van der Waals surface area contributed by atoms with Crippen molar-refractivity contribution in [1.82, 2.24) is 10.1 Å². The second-order valence-electron chi connectivity index (χ2n) is 6.12. The molecule has 0 aliphatic carbocycles. The van der Waals surface area contributed by atoms with Crippen LogP contribution in [0.2, 0.25) is 0 Å². The molecular weight excluding hydrogens is 316 g/mol. The molecule has 3 aromatic rings.